The highest BCUT2D eigenvalue weighted by Gasteiger charge is 2.18. The fourth-order valence-corrected chi connectivity index (χ4v) is 3.52. The van der Waals surface area contributed by atoms with Crippen LogP contribution in [0.3, 0.4) is 0 Å². The van der Waals surface area contributed by atoms with Gasteiger partial charge in [0, 0.05) is 23.6 Å². The van der Waals surface area contributed by atoms with Crippen LogP contribution in [-0.2, 0) is 11.2 Å². The number of hydrogen-bond donors (Lipinski definition) is 1. The molecule has 0 aliphatic heterocycles. The van der Waals surface area contributed by atoms with Crippen LogP contribution in [0.2, 0.25) is 5.02 Å². The summed E-state index contributed by atoms with van der Waals surface area (Å²) in [7, 11) is 0. The maximum atomic E-state index is 12.0. The fraction of sp³-hybridized carbons (Fsp3) is 0.474. The van der Waals surface area contributed by atoms with Crippen LogP contribution in [0.15, 0.2) is 27.4 Å². The van der Waals surface area contributed by atoms with E-state index >= 15 is 0 Å². The monoisotopic (exact) mass is 363 g/mol. The highest BCUT2D eigenvalue weighted by Crippen LogP contribution is 2.31. The minimum Gasteiger partial charge on any atom is -0.482 e. The predicted molar refractivity (Wildman–Crippen MR) is 97.4 cm³/mol. The third-order valence-electron chi connectivity index (χ3n) is 4.48. The number of amides is 1. The molecule has 5 nitrogen and oxygen atoms in total. The predicted octanol–water partition coefficient (Wildman–Crippen LogP) is 3.84. The molecule has 0 radical (unpaired) electrons. The minimum absolute atomic E-state index is 0.111. The van der Waals surface area contributed by atoms with E-state index in [4.69, 9.17) is 20.8 Å². The molecule has 0 spiro atoms. The summed E-state index contributed by atoms with van der Waals surface area (Å²) in [6.07, 6.45) is 6.03. The molecule has 1 amide bonds. The smallest absolute Gasteiger partial charge is 0.336 e. The Balaban J connectivity index is 1.76. The molecule has 1 fully saturated rings. The van der Waals surface area contributed by atoms with E-state index in [9.17, 15) is 9.59 Å². The molecule has 134 valence electrons. The molecular weight excluding hydrogens is 342 g/mol. The normalized spacial score (nSPS) is 14.8. The fourth-order valence-electron chi connectivity index (χ4n) is 3.30. The quantitative estimate of drug-likeness (QED) is 0.792. The summed E-state index contributed by atoms with van der Waals surface area (Å²) in [5, 5.41) is 4.16. The molecule has 3 rings (SSSR count). The largest absolute Gasteiger partial charge is 0.482 e. The molecule has 1 aliphatic rings. The van der Waals surface area contributed by atoms with Crippen molar-refractivity contribution in [2.45, 2.75) is 51.5 Å². The van der Waals surface area contributed by atoms with Gasteiger partial charge in [-0.25, -0.2) is 4.79 Å². The Morgan fingerprint density at radius 2 is 2.08 bits per heavy atom. The maximum absolute atomic E-state index is 12.0. The van der Waals surface area contributed by atoms with Gasteiger partial charge in [0.15, 0.2) is 6.61 Å². The molecule has 25 heavy (non-hydrogen) atoms. The Hall–Kier alpha value is -2.01. The van der Waals surface area contributed by atoms with Crippen molar-refractivity contribution < 1.29 is 13.9 Å². The summed E-state index contributed by atoms with van der Waals surface area (Å²) in [6.45, 7) is 1.93. The molecule has 1 aromatic heterocycles. The summed E-state index contributed by atoms with van der Waals surface area (Å²) in [6, 6.07) is 5.06. The van der Waals surface area contributed by atoms with E-state index in [2.05, 4.69) is 5.32 Å². The average molecular weight is 364 g/mol. The van der Waals surface area contributed by atoms with E-state index in [1.165, 1.54) is 6.07 Å². The number of carbonyl (C=O) groups is 1. The highest BCUT2D eigenvalue weighted by atomic mass is 35.5. The Morgan fingerprint density at radius 1 is 1.32 bits per heavy atom. The first-order chi connectivity index (χ1) is 12.1. The van der Waals surface area contributed by atoms with Gasteiger partial charge in [0.05, 0.1) is 5.02 Å². The number of aryl methyl sites for hydroxylation is 1. The van der Waals surface area contributed by atoms with Crippen molar-refractivity contribution in [3.05, 3.63) is 39.2 Å². The second kappa shape index (κ2) is 7.91. The van der Waals surface area contributed by atoms with Crippen molar-refractivity contribution in [2.75, 3.05) is 6.61 Å². The summed E-state index contributed by atoms with van der Waals surface area (Å²) < 4.78 is 10.8. The van der Waals surface area contributed by atoms with Gasteiger partial charge in [0.1, 0.15) is 11.3 Å². The number of rotatable bonds is 6. The van der Waals surface area contributed by atoms with Gasteiger partial charge < -0.3 is 14.5 Å². The molecule has 1 N–H and O–H groups in total. The van der Waals surface area contributed by atoms with Crippen LogP contribution in [0.4, 0.5) is 0 Å². The number of fused-ring (bicyclic) bond motifs is 1. The third kappa shape index (κ3) is 4.34. The Bertz CT molecular complexity index is 824. The van der Waals surface area contributed by atoms with Gasteiger partial charge in [-0.05, 0) is 30.9 Å². The molecule has 0 saturated heterocycles. The van der Waals surface area contributed by atoms with Crippen molar-refractivity contribution in [3.8, 4) is 5.75 Å². The van der Waals surface area contributed by atoms with Gasteiger partial charge >= 0.3 is 5.63 Å². The molecule has 2 aromatic rings. The summed E-state index contributed by atoms with van der Waals surface area (Å²) in [5.74, 6) is 0.178. The third-order valence-corrected chi connectivity index (χ3v) is 4.78. The van der Waals surface area contributed by atoms with Crippen LogP contribution in [0.5, 0.6) is 5.75 Å². The van der Waals surface area contributed by atoms with E-state index in [1.54, 1.807) is 12.1 Å². The second-order valence-electron chi connectivity index (χ2n) is 6.46. The second-order valence-corrected chi connectivity index (χ2v) is 6.86. The Labute approximate surface area is 151 Å². The van der Waals surface area contributed by atoms with Crippen molar-refractivity contribution in [1.82, 2.24) is 5.32 Å². The van der Waals surface area contributed by atoms with Gasteiger partial charge in [0.2, 0.25) is 0 Å². The first-order valence-corrected chi connectivity index (χ1v) is 9.13. The van der Waals surface area contributed by atoms with Gasteiger partial charge in [0.25, 0.3) is 5.91 Å². The standard InChI is InChI=1S/C19H22ClNO4/c1-2-5-12-8-19(23)25-16-10-17(15(20)9-14(12)16)24-11-18(22)21-13-6-3-4-7-13/h8-10,13H,2-7,11H2,1H3,(H,21,22). The molecule has 1 heterocycles. The van der Waals surface area contributed by atoms with Gasteiger partial charge in [-0.3, -0.25) is 4.79 Å². The van der Waals surface area contributed by atoms with Crippen molar-refractivity contribution in [2.24, 2.45) is 0 Å². The van der Waals surface area contributed by atoms with Gasteiger partial charge in [-0.15, -0.1) is 0 Å². The highest BCUT2D eigenvalue weighted by molar-refractivity contribution is 6.32. The summed E-state index contributed by atoms with van der Waals surface area (Å²) >= 11 is 6.29. The number of hydrogen-bond acceptors (Lipinski definition) is 4. The summed E-state index contributed by atoms with van der Waals surface area (Å²) in [5.41, 5.74) is 0.927. The first kappa shape index (κ1) is 17.8. The molecule has 0 unspecified atom stereocenters. The Morgan fingerprint density at radius 3 is 2.80 bits per heavy atom. The Kier molecular flexibility index (Phi) is 5.63. The topological polar surface area (TPSA) is 68.5 Å². The molecule has 1 aliphatic carbocycles. The molecule has 1 aromatic carbocycles. The molecular formula is C19H22ClNO4. The number of ether oxygens (including phenoxy) is 1. The number of halogens is 1. The molecule has 0 atom stereocenters. The number of benzene rings is 1. The summed E-state index contributed by atoms with van der Waals surface area (Å²) in [4.78, 5) is 23.7. The van der Waals surface area contributed by atoms with E-state index in [1.807, 2.05) is 6.92 Å². The first-order valence-electron chi connectivity index (χ1n) is 8.75. The zero-order valence-electron chi connectivity index (χ0n) is 14.3. The van der Waals surface area contributed by atoms with Crippen molar-refractivity contribution >= 4 is 28.5 Å². The van der Waals surface area contributed by atoms with Crippen molar-refractivity contribution in [1.29, 1.82) is 0 Å². The molecule has 1 saturated carbocycles. The van der Waals surface area contributed by atoms with Gasteiger partial charge in [-0.2, -0.15) is 0 Å². The van der Waals surface area contributed by atoms with E-state index < -0.39 is 5.63 Å². The van der Waals surface area contributed by atoms with E-state index in [0.29, 0.717) is 16.4 Å². The minimum atomic E-state index is -0.400. The van der Waals surface area contributed by atoms with E-state index in [0.717, 1.165) is 49.5 Å². The zero-order chi connectivity index (χ0) is 17.8. The zero-order valence-corrected chi connectivity index (χ0v) is 15.0. The number of carbonyl (C=O) groups excluding carboxylic acids is 1. The molecule has 6 heteroatoms. The maximum Gasteiger partial charge on any atom is 0.336 e. The lowest BCUT2D eigenvalue weighted by molar-refractivity contribution is -0.123. The van der Waals surface area contributed by atoms with Crippen LogP contribution in [0, 0.1) is 0 Å². The average Bonchev–Trinajstić information content (AvgIpc) is 3.07. The van der Waals surface area contributed by atoms with Crippen LogP contribution in [0.1, 0.15) is 44.6 Å². The van der Waals surface area contributed by atoms with Crippen LogP contribution >= 0.6 is 11.6 Å². The lowest BCUT2D eigenvalue weighted by Gasteiger charge is -2.13. The molecule has 0 bridgehead atoms. The van der Waals surface area contributed by atoms with Crippen LogP contribution in [-0.4, -0.2) is 18.6 Å². The van der Waals surface area contributed by atoms with E-state index in [-0.39, 0.29) is 18.6 Å². The van der Waals surface area contributed by atoms with Crippen molar-refractivity contribution in [3.63, 3.8) is 0 Å². The SMILES string of the molecule is CCCc1cc(=O)oc2cc(OCC(=O)NC3CCCC3)c(Cl)cc12. The lowest BCUT2D eigenvalue weighted by atomic mass is 10.1. The van der Waals surface area contributed by atoms with Crippen LogP contribution < -0.4 is 15.7 Å². The number of nitrogens with one attached hydrogen (secondary N) is 1. The van der Waals surface area contributed by atoms with Gasteiger partial charge in [-0.1, -0.05) is 37.8 Å². The lowest BCUT2D eigenvalue weighted by Crippen LogP contribution is -2.36. The van der Waals surface area contributed by atoms with Crippen LogP contribution in [0.25, 0.3) is 11.0 Å².